The van der Waals surface area contributed by atoms with Crippen LogP contribution in [0.2, 0.25) is 0 Å². The molecular weight excluding hydrogens is 256 g/mol. The Hall–Kier alpha value is -2.13. The zero-order valence-electron chi connectivity index (χ0n) is 10.4. The lowest BCUT2D eigenvalue weighted by atomic mass is 10.0. The third-order valence-electron chi connectivity index (χ3n) is 3.03. The first-order chi connectivity index (χ1) is 9.29. The van der Waals surface area contributed by atoms with Gasteiger partial charge >= 0.3 is 5.97 Å². The van der Waals surface area contributed by atoms with E-state index in [9.17, 15) is 4.79 Å². The Balaban J connectivity index is 2.21. The summed E-state index contributed by atoms with van der Waals surface area (Å²) in [6.07, 6.45) is 0. The van der Waals surface area contributed by atoms with E-state index in [4.69, 9.17) is 4.74 Å². The Morgan fingerprint density at radius 1 is 1.05 bits per heavy atom. The molecule has 0 fully saturated rings. The standard InChI is InChI=1S/C16H12O2S/c1-18-16(17)15-10-13-12(8-5-9-14(13)19-15)11-6-3-2-4-7-11/h2-10H,1H3. The Labute approximate surface area is 115 Å². The van der Waals surface area contributed by atoms with Crippen molar-refractivity contribution in [3.63, 3.8) is 0 Å². The van der Waals surface area contributed by atoms with Crippen molar-refractivity contribution in [1.82, 2.24) is 0 Å². The molecule has 1 aromatic heterocycles. The molecule has 0 bridgehead atoms. The van der Waals surface area contributed by atoms with Gasteiger partial charge in [-0.05, 0) is 23.3 Å². The van der Waals surface area contributed by atoms with Crippen LogP contribution in [0.1, 0.15) is 9.67 Å². The van der Waals surface area contributed by atoms with Gasteiger partial charge in [0.25, 0.3) is 0 Å². The fourth-order valence-corrected chi connectivity index (χ4v) is 3.14. The summed E-state index contributed by atoms with van der Waals surface area (Å²) >= 11 is 1.46. The molecule has 0 saturated heterocycles. The quantitative estimate of drug-likeness (QED) is 0.646. The third-order valence-corrected chi connectivity index (χ3v) is 4.11. The summed E-state index contributed by atoms with van der Waals surface area (Å²) in [5, 5.41) is 1.10. The minimum absolute atomic E-state index is 0.278. The number of esters is 1. The molecule has 0 atom stereocenters. The molecule has 0 aliphatic rings. The number of hydrogen-bond donors (Lipinski definition) is 0. The predicted molar refractivity (Wildman–Crippen MR) is 78.6 cm³/mol. The molecule has 0 spiro atoms. The highest BCUT2D eigenvalue weighted by Gasteiger charge is 2.12. The van der Waals surface area contributed by atoms with E-state index in [2.05, 4.69) is 18.2 Å². The monoisotopic (exact) mass is 268 g/mol. The predicted octanol–water partition coefficient (Wildman–Crippen LogP) is 4.35. The van der Waals surface area contributed by atoms with Crippen molar-refractivity contribution < 1.29 is 9.53 Å². The van der Waals surface area contributed by atoms with Crippen LogP contribution in [0.3, 0.4) is 0 Å². The van der Waals surface area contributed by atoms with E-state index in [-0.39, 0.29) is 5.97 Å². The minimum Gasteiger partial charge on any atom is -0.465 e. The van der Waals surface area contributed by atoms with Crippen LogP contribution in [0.5, 0.6) is 0 Å². The van der Waals surface area contributed by atoms with Gasteiger partial charge in [-0.1, -0.05) is 42.5 Å². The van der Waals surface area contributed by atoms with Crippen LogP contribution >= 0.6 is 11.3 Å². The van der Waals surface area contributed by atoms with Gasteiger partial charge in [0.2, 0.25) is 0 Å². The van der Waals surface area contributed by atoms with Crippen LogP contribution in [0, 0.1) is 0 Å². The fraction of sp³-hybridized carbons (Fsp3) is 0.0625. The second-order valence-corrected chi connectivity index (χ2v) is 5.27. The molecule has 3 heteroatoms. The molecule has 0 N–H and O–H groups in total. The van der Waals surface area contributed by atoms with Gasteiger partial charge in [0.05, 0.1) is 7.11 Å². The second-order valence-electron chi connectivity index (χ2n) is 4.19. The number of ether oxygens (including phenoxy) is 1. The maximum absolute atomic E-state index is 11.6. The number of methoxy groups -OCH3 is 1. The second kappa shape index (κ2) is 4.86. The zero-order chi connectivity index (χ0) is 13.2. The molecular formula is C16H12O2S. The Bertz CT molecular complexity index is 729. The Kier molecular flexibility index (Phi) is 3.05. The van der Waals surface area contributed by atoms with Gasteiger partial charge in [0.1, 0.15) is 4.88 Å². The average molecular weight is 268 g/mol. The molecule has 19 heavy (non-hydrogen) atoms. The highest BCUT2D eigenvalue weighted by Crippen LogP contribution is 2.34. The van der Waals surface area contributed by atoms with Crippen molar-refractivity contribution in [3.05, 3.63) is 59.5 Å². The maximum atomic E-state index is 11.6. The van der Waals surface area contributed by atoms with Crippen molar-refractivity contribution in [2.75, 3.05) is 7.11 Å². The van der Waals surface area contributed by atoms with Crippen molar-refractivity contribution in [1.29, 1.82) is 0 Å². The Morgan fingerprint density at radius 2 is 1.84 bits per heavy atom. The lowest BCUT2D eigenvalue weighted by Gasteiger charge is -2.02. The fourth-order valence-electron chi connectivity index (χ4n) is 2.13. The maximum Gasteiger partial charge on any atom is 0.348 e. The molecule has 2 aromatic carbocycles. The lowest BCUT2D eigenvalue weighted by Crippen LogP contribution is -1.96. The first-order valence-electron chi connectivity index (χ1n) is 5.96. The number of benzene rings is 2. The first-order valence-corrected chi connectivity index (χ1v) is 6.77. The summed E-state index contributed by atoms with van der Waals surface area (Å²) in [6, 6.07) is 18.2. The van der Waals surface area contributed by atoms with E-state index < -0.39 is 0 Å². The summed E-state index contributed by atoms with van der Waals surface area (Å²) in [5.41, 5.74) is 2.30. The van der Waals surface area contributed by atoms with Crippen LogP contribution in [0.25, 0.3) is 21.2 Å². The molecule has 0 saturated carbocycles. The number of hydrogen-bond acceptors (Lipinski definition) is 3. The SMILES string of the molecule is COC(=O)c1cc2c(-c3ccccc3)cccc2s1. The van der Waals surface area contributed by atoms with Crippen LogP contribution in [-0.4, -0.2) is 13.1 Å². The van der Waals surface area contributed by atoms with E-state index in [1.807, 2.05) is 36.4 Å². The zero-order valence-corrected chi connectivity index (χ0v) is 11.2. The van der Waals surface area contributed by atoms with Crippen molar-refractivity contribution in [2.45, 2.75) is 0 Å². The highest BCUT2D eigenvalue weighted by molar-refractivity contribution is 7.20. The summed E-state index contributed by atoms with van der Waals surface area (Å²) in [7, 11) is 1.41. The summed E-state index contributed by atoms with van der Waals surface area (Å²) in [6.45, 7) is 0. The van der Waals surface area contributed by atoms with Gasteiger partial charge in [-0.3, -0.25) is 0 Å². The summed E-state index contributed by atoms with van der Waals surface area (Å²) in [4.78, 5) is 12.3. The smallest absolute Gasteiger partial charge is 0.348 e. The van der Waals surface area contributed by atoms with Crippen molar-refractivity contribution in [3.8, 4) is 11.1 Å². The Morgan fingerprint density at radius 3 is 2.58 bits per heavy atom. The molecule has 3 rings (SSSR count). The van der Waals surface area contributed by atoms with Crippen molar-refractivity contribution in [2.24, 2.45) is 0 Å². The van der Waals surface area contributed by atoms with E-state index in [1.165, 1.54) is 18.4 Å². The van der Waals surface area contributed by atoms with Gasteiger partial charge < -0.3 is 4.74 Å². The van der Waals surface area contributed by atoms with Gasteiger partial charge in [-0.25, -0.2) is 4.79 Å². The molecule has 2 nitrogen and oxygen atoms in total. The van der Waals surface area contributed by atoms with Crippen LogP contribution in [0.15, 0.2) is 54.6 Å². The molecule has 0 unspecified atom stereocenters. The normalized spacial score (nSPS) is 10.6. The molecule has 0 amide bonds. The number of rotatable bonds is 2. The van der Waals surface area contributed by atoms with E-state index in [0.29, 0.717) is 4.88 Å². The number of carbonyl (C=O) groups is 1. The molecule has 0 aliphatic carbocycles. The molecule has 0 aliphatic heterocycles. The summed E-state index contributed by atoms with van der Waals surface area (Å²) < 4.78 is 5.88. The summed E-state index contributed by atoms with van der Waals surface area (Å²) in [5.74, 6) is -0.278. The minimum atomic E-state index is -0.278. The molecule has 1 heterocycles. The first kappa shape index (κ1) is 11.9. The third kappa shape index (κ3) is 2.13. The number of carbonyl (C=O) groups excluding carboxylic acids is 1. The van der Waals surface area contributed by atoms with E-state index in [0.717, 1.165) is 21.2 Å². The topological polar surface area (TPSA) is 26.3 Å². The van der Waals surface area contributed by atoms with Gasteiger partial charge in [0.15, 0.2) is 0 Å². The molecule has 3 aromatic rings. The largest absolute Gasteiger partial charge is 0.465 e. The van der Waals surface area contributed by atoms with Crippen molar-refractivity contribution >= 4 is 27.4 Å². The average Bonchev–Trinajstić information content (AvgIpc) is 2.91. The van der Waals surface area contributed by atoms with Gasteiger partial charge in [-0.2, -0.15) is 0 Å². The number of thiophene rings is 1. The molecule has 94 valence electrons. The van der Waals surface area contributed by atoms with Gasteiger partial charge in [0, 0.05) is 10.1 Å². The molecule has 0 radical (unpaired) electrons. The lowest BCUT2D eigenvalue weighted by molar-refractivity contribution is 0.0606. The van der Waals surface area contributed by atoms with Crippen LogP contribution < -0.4 is 0 Å². The van der Waals surface area contributed by atoms with E-state index in [1.54, 1.807) is 0 Å². The highest BCUT2D eigenvalue weighted by atomic mass is 32.1. The van der Waals surface area contributed by atoms with Crippen LogP contribution in [-0.2, 0) is 4.74 Å². The van der Waals surface area contributed by atoms with Gasteiger partial charge in [-0.15, -0.1) is 11.3 Å². The van der Waals surface area contributed by atoms with Crippen LogP contribution in [0.4, 0.5) is 0 Å². The van der Waals surface area contributed by atoms with E-state index >= 15 is 0 Å². The number of fused-ring (bicyclic) bond motifs is 1.